The van der Waals surface area contributed by atoms with Crippen molar-refractivity contribution in [1.29, 1.82) is 0 Å². The Morgan fingerprint density at radius 1 is 0.253 bits per heavy atom. The molecule has 0 bridgehead atoms. The molecule has 0 aliphatic rings. The third-order valence-corrected chi connectivity index (χ3v) is 15.2. The molecule has 0 aromatic heterocycles. The maximum absolute atomic E-state index is 13.0. The van der Waals surface area contributed by atoms with Crippen LogP contribution in [0.5, 0.6) is 0 Å². The lowest BCUT2D eigenvalue weighted by Crippen LogP contribution is -2.30. The number of carbonyl (C=O) groups is 3. The van der Waals surface area contributed by atoms with Crippen LogP contribution in [-0.4, -0.2) is 37.2 Å². The number of rotatable bonds is 64. The molecule has 6 heteroatoms. The number of unbranched alkanes of at least 4 members (excludes halogenated alkanes) is 35. The van der Waals surface area contributed by atoms with Crippen LogP contribution >= 0.6 is 0 Å². The molecule has 0 saturated heterocycles. The van der Waals surface area contributed by atoms with E-state index in [1.165, 1.54) is 180 Å². The minimum atomic E-state index is -0.792. The van der Waals surface area contributed by atoms with Crippen molar-refractivity contribution >= 4 is 17.9 Å². The minimum absolute atomic E-state index is 0.0853. The van der Waals surface area contributed by atoms with Gasteiger partial charge in [-0.15, -0.1) is 0 Å². The van der Waals surface area contributed by atoms with E-state index in [0.29, 0.717) is 19.3 Å². The van der Waals surface area contributed by atoms with Crippen LogP contribution in [0.15, 0.2) is 109 Å². The van der Waals surface area contributed by atoms with Crippen LogP contribution in [0.3, 0.4) is 0 Å². The summed E-state index contributed by atoms with van der Waals surface area (Å²) in [7, 11) is 0. The third-order valence-electron chi connectivity index (χ3n) is 15.2. The Morgan fingerprint density at radius 3 is 0.747 bits per heavy atom. The smallest absolute Gasteiger partial charge is 0.306 e. The Bertz CT molecular complexity index is 1660. The first-order valence-electron chi connectivity index (χ1n) is 35.4. The Hall–Kier alpha value is -3.93. The van der Waals surface area contributed by atoms with Gasteiger partial charge in [-0.05, 0) is 122 Å². The van der Waals surface area contributed by atoms with Gasteiger partial charge in [-0.1, -0.05) is 310 Å². The maximum atomic E-state index is 13.0. The molecule has 0 radical (unpaired) electrons. The lowest BCUT2D eigenvalue weighted by molar-refractivity contribution is -0.167. The van der Waals surface area contributed by atoms with Crippen LogP contribution < -0.4 is 0 Å². The molecule has 0 amide bonds. The lowest BCUT2D eigenvalue weighted by atomic mass is 10.0. The van der Waals surface area contributed by atoms with E-state index in [4.69, 9.17) is 14.2 Å². The van der Waals surface area contributed by atoms with Gasteiger partial charge >= 0.3 is 17.9 Å². The fourth-order valence-corrected chi connectivity index (χ4v) is 10.0. The Labute approximate surface area is 514 Å². The normalized spacial score (nSPS) is 12.8. The summed E-state index contributed by atoms with van der Waals surface area (Å²) in [5.41, 5.74) is 0. The molecular formula is C77H132O6. The average Bonchev–Trinajstić information content (AvgIpc) is 3.49. The number of carbonyl (C=O) groups excluding carboxylic acids is 3. The quantitative estimate of drug-likeness (QED) is 0.0261. The molecule has 0 N–H and O–H groups in total. The summed E-state index contributed by atoms with van der Waals surface area (Å²) in [5.74, 6) is -0.893. The first-order chi connectivity index (χ1) is 41.0. The topological polar surface area (TPSA) is 78.9 Å². The van der Waals surface area contributed by atoms with Gasteiger partial charge in [-0.3, -0.25) is 14.4 Å². The van der Waals surface area contributed by atoms with Gasteiger partial charge in [-0.2, -0.15) is 0 Å². The summed E-state index contributed by atoms with van der Waals surface area (Å²) >= 11 is 0. The number of ether oxygens (including phenoxy) is 3. The monoisotopic (exact) mass is 1150 g/mol. The van der Waals surface area contributed by atoms with Gasteiger partial charge in [0, 0.05) is 19.3 Å². The van der Waals surface area contributed by atoms with E-state index in [1.54, 1.807) is 0 Å². The fourth-order valence-electron chi connectivity index (χ4n) is 10.0. The van der Waals surface area contributed by atoms with Crippen molar-refractivity contribution in [3.8, 4) is 0 Å². The van der Waals surface area contributed by atoms with Crippen molar-refractivity contribution in [2.75, 3.05) is 13.2 Å². The van der Waals surface area contributed by atoms with Crippen LogP contribution in [0.25, 0.3) is 0 Å². The highest BCUT2D eigenvalue weighted by Gasteiger charge is 2.19. The average molecular weight is 1150 g/mol. The number of esters is 3. The van der Waals surface area contributed by atoms with Crippen molar-refractivity contribution in [3.05, 3.63) is 109 Å². The third kappa shape index (κ3) is 68.7. The highest BCUT2D eigenvalue weighted by atomic mass is 16.6. The van der Waals surface area contributed by atoms with E-state index >= 15 is 0 Å². The van der Waals surface area contributed by atoms with Gasteiger partial charge in [0.1, 0.15) is 13.2 Å². The minimum Gasteiger partial charge on any atom is -0.462 e. The summed E-state index contributed by atoms with van der Waals surface area (Å²) < 4.78 is 17.0. The molecular weight excluding hydrogens is 1020 g/mol. The van der Waals surface area contributed by atoms with Gasteiger partial charge in [-0.25, -0.2) is 0 Å². The molecule has 6 nitrogen and oxygen atoms in total. The van der Waals surface area contributed by atoms with Crippen molar-refractivity contribution in [2.24, 2.45) is 0 Å². The van der Waals surface area contributed by atoms with Crippen molar-refractivity contribution in [2.45, 2.75) is 348 Å². The molecule has 0 aromatic rings. The predicted octanol–water partition coefficient (Wildman–Crippen LogP) is 24.6. The van der Waals surface area contributed by atoms with Gasteiger partial charge in [0.25, 0.3) is 0 Å². The van der Waals surface area contributed by atoms with Gasteiger partial charge in [0.05, 0.1) is 0 Å². The summed E-state index contributed by atoms with van der Waals surface area (Å²) in [5, 5.41) is 0. The SMILES string of the molecule is CC/C=C\C/C=C\C/C=C\C/C=C\C/C=C\CCCCCCCCCC(=O)OC(COC(=O)CCCCCCCCC/C=C\C/C=C\C/C=C\CC)COC(=O)CCCCCCCCCCCCCCC/C=C\CCCCCCCCCC. The summed E-state index contributed by atoms with van der Waals surface area (Å²) in [4.78, 5) is 38.5. The van der Waals surface area contributed by atoms with Crippen LogP contribution in [0.1, 0.15) is 342 Å². The maximum Gasteiger partial charge on any atom is 0.306 e. The van der Waals surface area contributed by atoms with Crippen LogP contribution in [-0.2, 0) is 28.6 Å². The zero-order valence-corrected chi connectivity index (χ0v) is 54.7. The zero-order valence-electron chi connectivity index (χ0n) is 54.7. The van der Waals surface area contributed by atoms with E-state index in [-0.39, 0.29) is 31.1 Å². The molecule has 0 aliphatic carbocycles. The van der Waals surface area contributed by atoms with E-state index in [9.17, 15) is 14.4 Å². The summed E-state index contributed by atoms with van der Waals surface area (Å²) in [6, 6.07) is 0. The van der Waals surface area contributed by atoms with Crippen molar-refractivity contribution in [3.63, 3.8) is 0 Å². The summed E-state index contributed by atoms with van der Waals surface area (Å²) in [6.45, 7) is 6.44. The van der Waals surface area contributed by atoms with Gasteiger partial charge in [0.15, 0.2) is 6.10 Å². The zero-order chi connectivity index (χ0) is 59.9. The van der Waals surface area contributed by atoms with E-state index in [0.717, 1.165) is 122 Å². The van der Waals surface area contributed by atoms with Gasteiger partial charge in [0.2, 0.25) is 0 Å². The van der Waals surface area contributed by atoms with E-state index in [2.05, 4.69) is 130 Å². The first kappa shape index (κ1) is 79.1. The number of hydrogen-bond acceptors (Lipinski definition) is 6. The molecule has 1 unspecified atom stereocenters. The number of allylic oxidation sites excluding steroid dienone is 18. The highest BCUT2D eigenvalue weighted by molar-refractivity contribution is 5.71. The van der Waals surface area contributed by atoms with Crippen LogP contribution in [0, 0.1) is 0 Å². The molecule has 0 saturated carbocycles. The van der Waals surface area contributed by atoms with Crippen LogP contribution in [0.2, 0.25) is 0 Å². The molecule has 0 rings (SSSR count). The Morgan fingerprint density at radius 2 is 0.470 bits per heavy atom. The lowest BCUT2D eigenvalue weighted by Gasteiger charge is -2.18. The fraction of sp³-hybridized carbons (Fsp3) is 0.727. The number of hydrogen-bond donors (Lipinski definition) is 0. The van der Waals surface area contributed by atoms with Gasteiger partial charge < -0.3 is 14.2 Å². The Balaban J connectivity index is 4.37. The molecule has 0 spiro atoms. The first-order valence-corrected chi connectivity index (χ1v) is 35.4. The second-order valence-corrected chi connectivity index (χ2v) is 23.4. The molecule has 1 atom stereocenters. The largest absolute Gasteiger partial charge is 0.462 e. The predicted molar refractivity (Wildman–Crippen MR) is 362 cm³/mol. The van der Waals surface area contributed by atoms with Crippen LogP contribution in [0.4, 0.5) is 0 Å². The highest BCUT2D eigenvalue weighted by Crippen LogP contribution is 2.17. The molecule has 0 aromatic carbocycles. The van der Waals surface area contributed by atoms with Crippen molar-refractivity contribution < 1.29 is 28.6 Å². The molecule has 0 fully saturated rings. The molecule has 0 heterocycles. The Kier molecular flexibility index (Phi) is 67.2. The van der Waals surface area contributed by atoms with Crippen molar-refractivity contribution in [1.82, 2.24) is 0 Å². The molecule has 83 heavy (non-hydrogen) atoms. The second-order valence-electron chi connectivity index (χ2n) is 23.4. The molecule has 0 aliphatic heterocycles. The standard InChI is InChI=1S/C77H132O6/c1-4-7-10-13-16-19-22-25-28-31-33-35-37-38-40-41-43-46-49-52-55-58-61-64-67-70-76(79)82-73-74(72-81-75(78)69-66-63-60-57-54-51-48-45-30-27-24-21-18-15-12-9-6-3)83-77(80)71-68-65-62-59-56-53-50-47-44-42-39-36-34-32-29-26-23-20-17-14-11-8-5-2/h8-9,11-12,17-18,20-21,26-27,29-31,33-34,36,42,44,74H,4-7,10,13-16,19,22-25,28,32,35,37-41,43,45-73H2,1-3H3/b11-8-,12-9-,20-17-,21-18-,29-26-,30-27-,33-31-,36-34-,44-42-. The molecule has 476 valence electrons. The van der Waals surface area contributed by atoms with E-state index < -0.39 is 6.10 Å². The second kappa shape index (κ2) is 70.6. The van der Waals surface area contributed by atoms with E-state index in [1.807, 2.05) is 0 Å². The summed E-state index contributed by atoms with van der Waals surface area (Å²) in [6.07, 6.45) is 96.8.